The predicted molar refractivity (Wildman–Crippen MR) is 111 cm³/mol. The lowest BCUT2D eigenvalue weighted by molar-refractivity contribution is -0.137. The summed E-state index contributed by atoms with van der Waals surface area (Å²) in [6.07, 6.45) is 3.06. The minimum Gasteiger partial charge on any atom is -0.463 e. The maximum atomic E-state index is 12.6. The number of ether oxygens (including phenoxy) is 1. The minimum atomic E-state index is -0.393. The van der Waals surface area contributed by atoms with E-state index in [1.807, 2.05) is 26.0 Å². The number of aliphatic imine (C=N–C) groups is 1. The molecule has 0 aliphatic carbocycles. The van der Waals surface area contributed by atoms with Crippen LogP contribution in [0, 0.1) is 13.8 Å². The number of benzene rings is 2. The van der Waals surface area contributed by atoms with Crippen LogP contribution in [0.2, 0.25) is 0 Å². The molecule has 2 rings (SSSR count). The van der Waals surface area contributed by atoms with Crippen LogP contribution in [-0.4, -0.2) is 24.4 Å². The fraction of sp³-hybridized carbons (Fsp3) is 0.190. The Kier molecular flexibility index (Phi) is 6.92. The van der Waals surface area contributed by atoms with Crippen LogP contribution in [0.5, 0.6) is 0 Å². The van der Waals surface area contributed by atoms with Crippen molar-refractivity contribution in [3.63, 3.8) is 0 Å². The Balaban J connectivity index is 2.21. The van der Waals surface area contributed by atoms with Gasteiger partial charge in [0.1, 0.15) is 0 Å². The van der Waals surface area contributed by atoms with E-state index in [9.17, 15) is 9.59 Å². The number of nitrogens with two attached hydrogens (primary N) is 2. The van der Waals surface area contributed by atoms with Crippen molar-refractivity contribution in [2.45, 2.75) is 20.8 Å². The lowest BCUT2D eigenvalue weighted by Crippen LogP contribution is -2.22. The zero-order chi connectivity index (χ0) is 20.7. The van der Waals surface area contributed by atoms with Gasteiger partial charge in [-0.15, -0.1) is 0 Å². The molecule has 0 unspecified atom stereocenters. The molecular weight excluding hydrogens is 356 g/mol. The van der Waals surface area contributed by atoms with Gasteiger partial charge in [0.25, 0.3) is 5.91 Å². The van der Waals surface area contributed by atoms with Crippen molar-refractivity contribution in [1.82, 2.24) is 0 Å². The summed E-state index contributed by atoms with van der Waals surface area (Å²) in [5.74, 6) is -0.736. The Morgan fingerprint density at radius 1 is 1.14 bits per heavy atom. The van der Waals surface area contributed by atoms with Crippen molar-refractivity contribution in [3.8, 4) is 0 Å². The highest BCUT2D eigenvalue weighted by atomic mass is 16.5. The van der Waals surface area contributed by atoms with Crippen LogP contribution in [0.3, 0.4) is 0 Å². The maximum Gasteiger partial charge on any atom is 0.330 e. The van der Waals surface area contributed by atoms with E-state index >= 15 is 0 Å². The summed E-state index contributed by atoms with van der Waals surface area (Å²) < 4.78 is 4.88. The third-order valence-corrected chi connectivity index (χ3v) is 3.86. The van der Waals surface area contributed by atoms with Gasteiger partial charge in [0.05, 0.1) is 12.3 Å². The molecule has 1 amide bonds. The number of carbonyl (C=O) groups excluding carboxylic acids is 2. The molecule has 0 spiro atoms. The van der Waals surface area contributed by atoms with E-state index in [0.717, 1.165) is 16.7 Å². The molecule has 0 heterocycles. The predicted octanol–water partition coefficient (Wildman–Crippen LogP) is 3.04. The number of guanidine groups is 1. The Morgan fingerprint density at radius 3 is 2.43 bits per heavy atom. The number of nitrogens with zero attached hydrogens (tertiary/aromatic N) is 1. The second-order valence-electron chi connectivity index (χ2n) is 6.16. The van der Waals surface area contributed by atoms with E-state index < -0.39 is 5.97 Å². The van der Waals surface area contributed by atoms with Gasteiger partial charge in [-0.1, -0.05) is 6.07 Å². The second-order valence-corrected chi connectivity index (χ2v) is 6.16. The number of aryl methyl sites for hydroxylation is 2. The summed E-state index contributed by atoms with van der Waals surface area (Å²) in [5, 5.41) is 2.92. The quantitative estimate of drug-likeness (QED) is 0.308. The Bertz CT molecular complexity index is 921. The molecule has 146 valence electrons. The molecule has 5 N–H and O–H groups in total. The van der Waals surface area contributed by atoms with E-state index in [-0.39, 0.29) is 11.9 Å². The third-order valence-electron chi connectivity index (χ3n) is 3.86. The van der Waals surface area contributed by atoms with Crippen LogP contribution in [0.4, 0.5) is 11.4 Å². The zero-order valence-corrected chi connectivity index (χ0v) is 16.2. The summed E-state index contributed by atoms with van der Waals surface area (Å²) in [5.41, 5.74) is 15.0. The van der Waals surface area contributed by atoms with Crippen molar-refractivity contribution >= 4 is 35.3 Å². The smallest absolute Gasteiger partial charge is 0.330 e. The molecule has 28 heavy (non-hydrogen) atoms. The molecule has 0 aromatic heterocycles. The number of amides is 1. The highest BCUT2D eigenvalue weighted by molar-refractivity contribution is 6.05. The molecule has 7 heteroatoms. The molecule has 2 aromatic rings. The average molecular weight is 380 g/mol. The number of rotatable bonds is 6. The zero-order valence-electron chi connectivity index (χ0n) is 16.2. The van der Waals surface area contributed by atoms with E-state index in [1.54, 1.807) is 37.3 Å². The fourth-order valence-electron chi connectivity index (χ4n) is 2.70. The largest absolute Gasteiger partial charge is 0.463 e. The van der Waals surface area contributed by atoms with Crippen molar-refractivity contribution in [1.29, 1.82) is 0 Å². The second kappa shape index (κ2) is 9.36. The normalized spacial score (nSPS) is 10.5. The Hall–Kier alpha value is -3.61. The van der Waals surface area contributed by atoms with E-state index in [2.05, 4.69) is 10.3 Å². The highest BCUT2D eigenvalue weighted by Gasteiger charge is 2.11. The first-order valence-corrected chi connectivity index (χ1v) is 8.77. The van der Waals surface area contributed by atoms with Gasteiger partial charge in [0, 0.05) is 17.3 Å². The standard InChI is InChI=1S/C21H24N4O3/c1-4-28-18(26)9-8-15-10-13(2)19(14(3)11-15)25-20(27)16-6-5-7-17(12-16)24-21(22)23/h5-12H,4H2,1-3H3,(H,25,27)(H4,22,23,24). The van der Waals surface area contributed by atoms with Gasteiger partial charge in [-0.2, -0.15) is 0 Å². The number of nitrogens with one attached hydrogen (secondary N) is 1. The maximum absolute atomic E-state index is 12.6. The first-order valence-electron chi connectivity index (χ1n) is 8.77. The molecule has 0 atom stereocenters. The first-order chi connectivity index (χ1) is 13.3. The number of esters is 1. The van der Waals surface area contributed by atoms with Crippen LogP contribution in [0.1, 0.15) is 34.0 Å². The number of hydrogen-bond acceptors (Lipinski definition) is 4. The topological polar surface area (TPSA) is 120 Å². The monoisotopic (exact) mass is 380 g/mol. The lowest BCUT2D eigenvalue weighted by Gasteiger charge is -2.13. The van der Waals surface area contributed by atoms with Gasteiger partial charge in [-0.25, -0.2) is 9.79 Å². The van der Waals surface area contributed by atoms with Crippen LogP contribution in [0.25, 0.3) is 6.08 Å². The molecule has 0 radical (unpaired) electrons. The molecule has 0 aliphatic rings. The van der Waals surface area contributed by atoms with Crippen LogP contribution >= 0.6 is 0 Å². The van der Waals surface area contributed by atoms with Crippen LogP contribution in [-0.2, 0) is 9.53 Å². The van der Waals surface area contributed by atoms with E-state index in [1.165, 1.54) is 6.08 Å². The SMILES string of the molecule is CCOC(=O)C=Cc1cc(C)c(NC(=O)c2cccc(N=C(N)N)c2)c(C)c1. The van der Waals surface area contributed by atoms with Gasteiger partial charge in [-0.05, 0) is 73.9 Å². The Labute approximate surface area is 164 Å². The van der Waals surface area contributed by atoms with Crippen molar-refractivity contribution < 1.29 is 14.3 Å². The van der Waals surface area contributed by atoms with Crippen molar-refractivity contribution in [2.24, 2.45) is 16.5 Å². The molecular formula is C21H24N4O3. The average Bonchev–Trinajstić information content (AvgIpc) is 2.63. The summed E-state index contributed by atoms with van der Waals surface area (Å²) in [6, 6.07) is 10.5. The third kappa shape index (κ3) is 5.70. The molecule has 7 nitrogen and oxygen atoms in total. The first kappa shape index (κ1) is 20.7. The summed E-state index contributed by atoms with van der Waals surface area (Å²) in [4.78, 5) is 28.0. The summed E-state index contributed by atoms with van der Waals surface area (Å²) in [6.45, 7) is 5.86. The van der Waals surface area contributed by atoms with Gasteiger partial charge < -0.3 is 21.5 Å². The summed E-state index contributed by atoms with van der Waals surface area (Å²) >= 11 is 0. The Morgan fingerprint density at radius 2 is 1.82 bits per heavy atom. The van der Waals surface area contributed by atoms with Crippen molar-refractivity contribution in [3.05, 3.63) is 64.7 Å². The van der Waals surface area contributed by atoms with Gasteiger partial charge in [0.15, 0.2) is 5.96 Å². The van der Waals surface area contributed by atoms with Gasteiger partial charge in [-0.3, -0.25) is 4.79 Å². The van der Waals surface area contributed by atoms with Gasteiger partial charge >= 0.3 is 5.97 Å². The number of hydrogen-bond donors (Lipinski definition) is 3. The molecule has 0 fully saturated rings. The molecule has 0 saturated heterocycles. The molecule has 0 saturated carbocycles. The molecule has 2 aromatic carbocycles. The van der Waals surface area contributed by atoms with Crippen LogP contribution < -0.4 is 16.8 Å². The highest BCUT2D eigenvalue weighted by Crippen LogP contribution is 2.24. The van der Waals surface area contributed by atoms with E-state index in [4.69, 9.17) is 16.2 Å². The van der Waals surface area contributed by atoms with Gasteiger partial charge in [0.2, 0.25) is 0 Å². The molecule has 0 bridgehead atoms. The van der Waals surface area contributed by atoms with Crippen molar-refractivity contribution in [2.75, 3.05) is 11.9 Å². The summed E-state index contributed by atoms with van der Waals surface area (Å²) in [7, 11) is 0. The fourth-order valence-corrected chi connectivity index (χ4v) is 2.70. The van der Waals surface area contributed by atoms with E-state index in [0.29, 0.717) is 23.5 Å². The number of anilines is 1. The molecule has 0 aliphatic heterocycles. The minimum absolute atomic E-state index is 0.0734. The number of carbonyl (C=O) groups is 2. The lowest BCUT2D eigenvalue weighted by atomic mass is 10.0. The van der Waals surface area contributed by atoms with Crippen LogP contribution in [0.15, 0.2) is 47.5 Å².